The van der Waals surface area contributed by atoms with Crippen LogP contribution in [0.25, 0.3) is 5.82 Å². The van der Waals surface area contributed by atoms with E-state index in [1.54, 1.807) is 0 Å². The van der Waals surface area contributed by atoms with Crippen LogP contribution >= 0.6 is 0 Å². The van der Waals surface area contributed by atoms with Crippen LogP contribution in [0.1, 0.15) is 17.0 Å². The van der Waals surface area contributed by atoms with Gasteiger partial charge in [0.2, 0.25) is 0 Å². The van der Waals surface area contributed by atoms with Crippen molar-refractivity contribution in [2.24, 2.45) is 0 Å². The van der Waals surface area contributed by atoms with E-state index in [-0.39, 0.29) is 0 Å². The van der Waals surface area contributed by atoms with Crippen molar-refractivity contribution >= 4 is 0 Å². The molecule has 2 aromatic rings. The Bertz CT molecular complexity index is 470. The summed E-state index contributed by atoms with van der Waals surface area (Å²) < 4.78 is 1.86. The molecular formula is C12H16N4. The van der Waals surface area contributed by atoms with Gasteiger partial charge in [-0.25, -0.2) is 9.67 Å². The molecule has 0 unspecified atom stereocenters. The van der Waals surface area contributed by atoms with E-state index in [0.29, 0.717) is 0 Å². The fourth-order valence-electron chi connectivity index (χ4n) is 1.71. The van der Waals surface area contributed by atoms with Crippen molar-refractivity contribution in [2.75, 3.05) is 7.05 Å². The van der Waals surface area contributed by atoms with E-state index in [9.17, 15) is 0 Å². The Morgan fingerprint density at radius 1 is 1.31 bits per heavy atom. The largest absolute Gasteiger partial charge is 0.316 e. The normalized spacial score (nSPS) is 10.7. The molecule has 16 heavy (non-hydrogen) atoms. The molecule has 4 nitrogen and oxygen atoms in total. The van der Waals surface area contributed by atoms with Crippen LogP contribution in [-0.4, -0.2) is 21.8 Å². The van der Waals surface area contributed by atoms with Gasteiger partial charge in [-0.3, -0.25) is 0 Å². The van der Waals surface area contributed by atoms with Crippen LogP contribution in [0.2, 0.25) is 0 Å². The number of aromatic nitrogens is 3. The summed E-state index contributed by atoms with van der Waals surface area (Å²) in [6.45, 7) is 4.85. The molecule has 0 fully saturated rings. The molecule has 0 radical (unpaired) electrons. The summed E-state index contributed by atoms with van der Waals surface area (Å²) in [6.07, 6.45) is 1.88. The highest BCUT2D eigenvalue weighted by atomic mass is 15.3. The lowest BCUT2D eigenvalue weighted by Crippen LogP contribution is -2.07. The third-order valence-electron chi connectivity index (χ3n) is 2.42. The topological polar surface area (TPSA) is 42.7 Å². The van der Waals surface area contributed by atoms with E-state index in [1.165, 1.54) is 5.56 Å². The maximum atomic E-state index is 4.40. The van der Waals surface area contributed by atoms with Crippen molar-refractivity contribution in [1.29, 1.82) is 0 Å². The van der Waals surface area contributed by atoms with Crippen molar-refractivity contribution in [3.63, 3.8) is 0 Å². The van der Waals surface area contributed by atoms with Crippen molar-refractivity contribution in [3.05, 3.63) is 41.3 Å². The average molecular weight is 216 g/mol. The predicted octanol–water partition coefficient (Wildman–Crippen LogP) is 1.60. The van der Waals surface area contributed by atoms with Crippen LogP contribution in [-0.2, 0) is 6.54 Å². The zero-order valence-corrected chi connectivity index (χ0v) is 9.86. The first-order chi connectivity index (χ1) is 7.70. The summed E-state index contributed by atoms with van der Waals surface area (Å²) >= 11 is 0. The standard InChI is InChI=1S/C12H16N4/c1-9-6-10(2)16(15-9)12-5-4-11(7-13-3)8-14-12/h4-6,8,13H,7H2,1-3H3. The van der Waals surface area contributed by atoms with E-state index in [4.69, 9.17) is 0 Å². The lowest BCUT2D eigenvalue weighted by atomic mass is 10.3. The smallest absolute Gasteiger partial charge is 0.153 e. The zero-order chi connectivity index (χ0) is 11.5. The van der Waals surface area contributed by atoms with Gasteiger partial charge in [0.1, 0.15) is 0 Å². The molecule has 0 saturated carbocycles. The van der Waals surface area contributed by atoms with Gasteiger partial charge in [-0.1, -0.05) is 6.07 Å². The second kappa shape index (κ2) is 4.45. The molecule has 84 valence electrons. The third-order valence-corrected chi connectivity index (χ3v) is 2.42. The van der Waals surface area contributed by atoms with E-state index >= 15 is 0 Å². The van der Waals surface area contributed by atoms with Crippen molar-refractivity contribution in [1.82, 2.24) is 20.1 Å². The molecule has 0 aliphatic heterocycles. The molecule has 0 spiro atoms. The van der Waals surface area contributed by atoms with E-state index in [0.717, 1.165) is 23.8 Å². The summed E-state index contributed by atoms with van der Waals surface area (Å²) in [5.41, 5.74) is 3.29. The molecule has 2 rings (SSSR count). The summed E-state index contributed by atoms with van der Waals surface area (Å²) in [6, 6.07) is 6.10. The van der Waals surface area contributed by atoms with E-state index in [1.807, 2.05) is 43.9 Å². The van der Waals surface area contributed by atoms with Gasteiger partial charge in [0.25, 0.3) is 0 Å². The molecule has 0 amide bonds. The van der Waals surface area contributed by atoms with Crippen LogP contribution in [0.4, 0.5) is 0 Å². The lowest BCUT2D eigenvalue weighted by molar-refractivity contribution is 0.787. The van der Waals surface area contributed by atoms with Gasteiger partial charge in [-0.15, -0.1) is 0 Å². The Morgan fingerprint density at radius 2 is 2.12 bits per heavy atom. The molecule has 0 bridgehead atoms. The van der Waals surface area contributed by atoms with Gasteiger partial charge in [0.15, 0.2) is 5.82 Å². The number of aryl methyl sites for hydroxylation is 2. The summed E-state index contributed by atoms with van der Waals surface area (Å²) in [4.78, 5) is 4.40. The predicted molar refractivity (Wildman–Crippen MR) is 63.6 cm³/mol. The Balaban J connectivity index is 2.31. The van der Waals surface area contributed by atoms with Crippen molar-refractivity contribution in [2.45, 2.75) is 20.4 Å². The molecule has 0 aromatic carbocycles. The number of rotatable bonds is 3. The summed E-state index contributed by atoms with van der Waals surface area (Å²) in [5.74, 6) is 0.866. The van der Waals surface area contributed by atoms with Gasteiger partial charge < -0.3 is 5.32 Å². The molecule has 1 N–H and O–H groups in total. The highest BCUT2D eigenvalue weighted by Crippen LogP contribution is 2.09. The molecule has 0 aliphatic rings. The quantitative estimate of drug-likeness (QED) is 0.847. The maximum absolute atomic E-state index is 4.40. The van der Waals surface area contributed by atoms with E-state index in [2.05, 4.69) is 21.5 Å². The molecule has 0 atom stereocenters. The highest BCUT2D eigenvalue weighted by Gasteiger charge is 2.04. The lowest BCUT2D eigenvalue weighted by Gasteiger charge is -2.04. The van der Waals surface area contributed by atoms with Gasteiger partial charge >= 0.3 is 0 Å². The monoisotopic (exact) mass is 216 g/mol. The first-order valence-corrected chi connectivity index (χ1v) is 5.34. The number of hydrogen-bond donors (Lipinski definition) is 1. The number of hydrogen-bond acceptors (Lipinski definition) is 3. The van der Waals surface area contributed by atoms with Gasteiger partial charge in [0.05, 0.1) is 5.69 Å². The van der Waals surface area contributed by atoms with Crippen LogP contribution in [0, 0.1) is 13.8 Å². The number of nitrogens with zero attached hydrogens (tertiary/aromatic N) is 3. The van der Waals surface area contributed by atoms with Gasteiger partial charge in [-0.05, 0) is 38.6 Å². The van der Waals surface area contributed by atoms with E-state index < -0.39 is 0 Å². The minimum atomic E-state index is 0.838. The van der Waals surface area contributed by atoms with Crippen LogP contribution < -0.4 is 5.32 Å². The fourth-order valence-corrected chi connectivity index (χ4v) is 1.71. The molecule has 2 heterocycles. The van der Waals surface area contributed by atoms with Crippen LogP contribution in [0.15, 0.2) is 24.4 Å². The van der Waals surface area contributed by atoms with Crippen molar-refractivity contribution in [3.8, 4) is 5.82 Å². The summed E-state index contributed by atoms with van der Waals surface area (Å²) in [7, 11) is 1.93. The summed E-state index contributed by atoms with van der Waals surface area (Å²) in [5, 5.41) is 7.49. The zero-order valence-electron chi connectivity index (χ0n) is 9.86. The Hall–Kier alpha value is -1.68. The van der Waals surface area contributed by atoms with Crippen LogP contribution in [0.5, 0.6) is 0 Å². The first kappa shape index (κ1) is 10.8. The number of pyridine rings is 1. The molecule has 0 aliphatic carbocycles. The minimum Gasteiger partial charge on any atom is -0.316 e. The Kier molecular flexibility index (Phi) is 3.01. The SMILES string of the molecule is CNCc1ccc(-n2nc(C)cc2C)nc1. The van der Waals surface area contributed by atoms with Crippen LogP contribution in [0.3, 0.4) is 0 Å². The maximum Gasteiger partial charge on any atom is 0.153 e. The molecule has 2 aromatic heterocycles. The highest BCUT2D eigenvalue weighted by molar-refractivity contribution is 5.27. The van der Waals surface area contributed by atoms with Gasteiger partial charge in [-0.2, -0.15) is 5.10 Å². The second-order valence-corrected chi connectivity index (χ2v) is 3.89. The molecule has 0 saturated heterocycles. The average Bonchev–Trinajstić information content (AvgIpc) is 2.59. The second-order valence-electron chi connectivity index (χ2n) is 3.89. The third kappa shape index (κ3) is 2.12. The van der Waals surface area contributed by atoms with Gasteiger partial charge in [0, 0.05) is 18.4 Å². The fraction of sp³-hybridized carbons (Fsp3) is 0.333. The number of nitrogens with one attached hydrogen (secondary N) is 1. The Morgan fingerprint density at radius 3 is 2.62 bits per heavy atom. The minimum absolute atomic E-state index is 0.838. The Labute approximate surface area is 95.3 Å². The van der Waals surface area contributed by atoms with Crippen molar-refractivity contribution < 1.29 is 0 Å². The molecular weight excluding hydrogens is 200 g/mol. The first-order valence-electron chi connectivity index (χ1n) is 5.34. The molecule has 4 heteroatoms.